The summed E-state index contributed by atoms with van der Waals surface area (Å²) < 4.78 is 5.50. The van der Waals surface area contributed by atoms with Gasteiger partial charge in [-0.15, -0.1) is 0 Å². The molecule has 0 aromatic carbocycles. The first-order chi connectivity index (χ1) is 6.00. The van der Waals surface area contributed by atoms with E-state index in [2.05, 4.69) is 0 Å². The van der Waals surface area contributed by atoms with E-state index in [1.807, 2.05) is 13.8 Å². The van der Waals surface area contributed by atoms with Crippen LogP contribution in [0.5, 0.6) is 0 Å². The number of aliphatic carboxylic acids is 1. The van der Waals surface area contributed by atoms with E-state index in [0.717, 1.165) is 12.8 Å². The molecule has 0 aromatic heterocycles. The minimum absolute atomic E-state index is 0.0521. The number of carboxylic acid groups (broad SMARTS) is 1. The molecule has 1 aliphatic heterocycles. The highest BCUT2D eigenvalue weighted by Crippen LogP contribution is 2.26. The molecule has 0 radical (unpaired) electrons. The monoisotopic (exact) mass is 187 g/mol. The predicted molar refractivity (Wildman–Crippen MR) is 48.3 cm³/mol. The average Bonchev–Trinajstić information content (AvgIpc) is 2.01. The van der Waals surface area contributed by atoms with Crippen molar-refractivity contribution in [3.8, 4) is 0 Å². The maximum atomic E-state index is 10.6. The summed E-state index contributed by atoms with van der Waals surface area (Å²) in [6.45, 7) is 3.91. The summed E-state index contributed by atoms with van der Waals surface area (Å²) in [6, 6.07) is -0.742. The van der Waals surface area contributed by atoms with Gasteiger partial charge in [-0.2, -0.15) is 0 Å². The van der Waals surface area contributed by atoms with Gasteiger partial charge in [-0.3, -0.25) is 4.79 Å². The van der Waals surface area contributed by atoms with E-state index in [1.54, 1.807) is 0 Å². The van der Waals surface area contributed by atoms with Crippen LogP contribution in [0, 0.1) is 5.92 Å². The summed E-state index contributed by atoms with van der Waals surface area (Å²) in [4.78, 5) is 10.6. The standard InChI is InChI=1S/C9H17NO3/c1-5-3-7(4-6(2)13-5)8(10)9(11)12/h5-8H,3-4,10H2,1-2H3,(H,11,12)/t5-,6-,8-/m1/s1. The van der Waals surface area contributed by atoms with Crippen LogP contribution in [0.15, 0.2) is 0 Å². The molecule has 0 amide bonds. The maximum Gasteiger partial charge on any atom is 0.320 e. The van der Waals surface area contributed by atoms with Crippen LogP contribution in [-0.4, -0.2) is 29.3 Å². The van der Waals surface area contributed by atoms with Crippen molar-refractivity contribution in [2.75, 3.05) is 0 Å². The average molecular weight is 187 g/mol. The third-order valence-electron chi connectivity index (χ3n) is 2.53. The summed E-state index contributed by atoms with van der Waals surface area (Å²) in [5.74, 6) is -0.859. The zero-order valence-corrected chi connectivity index (χ0v) is 8.06. The van der Waals surface area contributed by atoms with Gasteiger partial charge < -0.3 is 15.6 Å². The van der Waals surface area contributed by atoms with E-state index in [1.165, 1.54) is 0 Å². The van der Waals surface area contributed by atoms with Gasteiger partial charge in [0.1, 0.15) is 6.04 Å². The Morgan fingerprint density at radius 3 is 2.31 bits per heavy atom. The lowest BCUT2D eigenvalue weighted by atomic mass is 9.87. The molecule has 4 nitrogen and oxygen atoms in total. The van der Waals surface area contributed by atoms with Gasteiger partial charge in [-0.1, -0.05) is 0 Å². The number of rotatable bonds is 2. The lowest BCUT2D eigenvalue weighted by molar-refractivity contribution is -0.142. The Balaban J connectivity index is 2.54. The molecular weight excluding hydrogens is 170 g/mol. The molecule has 1 fully saturated rings. The number of nitrogens with two attached hydrogens (primary N) is 1. The second-order valence-corrected chi connectivity index (χ2v) is 3.85. The highest BCUT2D eigenvalue weighted by Gasteiger charge is 2.31. The third-order valence-corrected chi connectivity index (χ3v) is 2.53. The topological polar surface area (TPSA) is 72.6 Å². The van der Waals surface area contributed by atoms with Crippen LogP contribution in [0.25, 0.3) is 0 Å². The SMILES string of the molecule is C[C@@H]1CC([C@@H](N)C(=O)O)C[C@@H](C)O1. The lowest BCUT2D eigenvalue weighted by Crippen LogP contribution is -2.44. The highest BCUT2D eigenvalue weighted by molar-refractivity contribution is 5.73. The largest absolute Gasteiger partial charge is 0.480 e. The van der Waals surface area contributed by atoms with Crippen LogP contribution in [0.4, 0.5) is 0 Å². The van der Waals surface area contributed by atoms with Gasteiger partial charge in [-0.05, 0) is 32.6 Å². The van der Waals surface area contributed by atoms with Crippen molar-refractivity contribution in [3.63, 3.8) is 0 Å². The van der Waals surface area contributed by atoms with Crippen LogP contribution >= 0.6 is 0 Å². The van der Waals surface area contributed by atoms with Crippen molar-refractivity contribution >= 4 is 5.97 Å². The van der Waals surface area contributed by atoms with Gasteiger partial charge in [0.2, 0.25) is 0 Å². The molecule has 1 rings (SSSR count). The lowest BCUT2D eigenvalue weighted by Gasteiger charge is -2.33. The molecule has 3 atom stereocenters. The molecular formula is C9H17NO3. The smallest absolute Gasteiger partial charge is 0.320 e. The zero-order valence-electron chi connectivity index (χ0n) is 8.06. The second kappa shape index (κ2) is 4.07. The van der Waals surface area contributed by atoms with Crippen LogP contribution in [-0.2, 0) is 9.53 Å². The van der Waals surface area contributed by atoms with Gasteiger partial charge in [0, 0.05) is 0 Å². The zero-order chi connectivity index (χ0) is 10.0. The quantitative estimate of drug-likeness (QED) is 0.664. The molecule has 0 aromatic rings. The van der Waals surface area contributed by atoms with Crippen molar-refractivity contribution in [1.82, 2.24) is 0 Å². The van der Waals surface area contributed by atoms with Crippen LogP contribution < -0.4 is 5.73 Å². The summed E-state index contributed by atoms with van der Waals surface area (Å²) in [5, 5.41) is 8.74. The van der Waals surface area contributed by atoms with Crippen molar-refractivity contribution in [3.05, 3.63) is 0 Å². The van der Waals surface area contributed by atoms with E-state index < -0.39 is 12.0 Å². The summed E-state index contributed by atoms with van der Waals surface area (Å²) in [6.07, 6.45) is 1.74. The Hall–Kier alpha value is -0.610. The Kier molecular flexibility index (Phi) is 3.27. The van der Waals surface area contributed by atoms with Crippen LogP contribution in [0.2, 0.25) is 0 Å². The Morgan fingerprint density at radius 2 is 1.92 bits per heavy atom. The number of ether oxygens (including phenoxy) is 1. The van der Waals surface area contributed by atoms with E-state index in [9.17, 15) is 4.79 Å². The van der Waals surface area contributed by atoms with Gasteiger partial charge in [0.25, 0.3) is 0 Å². The Bertz CT molecular complexity index is 185. The highest BCUT2D eigenvalue weighted by atomic mass is 16.5. The first-order valence-corrected chi connectivity index (χ1v) is 4.64. The van der Waals surface area contributed by atoms with Gasteiger partial charge in [0.05, 0.1) is 12.2 Å². The fourth-order valence-electron chi connectivity index (χ4n) is 1.95. The third kappa shape index (κ3) is 2.67. The molecule has 0 spiro atoms. The molecule has 1 aliphatic rings. The summed E-state index contributed by atoms with van der Waals surface area (Å²) in [7, 11) is 0. The van der Waals surface area contributed by atoms with Gasteiger partial charge in [-0.25, -0.2) is 0 Å². The van der Waals surface area contributed by atoms with Crippen LogP contribution in [0.1, 0.15) is 26.7 Å². The molecule has 0 aliphatic carbocycles. The molecule has 76 valence electrons. The Labute approximate surface area is 78.1 Å². The maximum absolute atomic E-state index is 10.6. The van der Waals surface area contributed by atoms with E-state index in [0.29, 0.717) is 0 Å². The molecule has 3 N–H and O–H groups in total. The molecule has 0 unspecified atom stereocenters. The summed E-state index contributed by atoms with van der Waals surface area (Å²) in [5.41, 5.74) is 5.56. The fourth-order valence-corrected chi connectivity index (χ4v) is 1.95. The molecule has 0 saturated carbocycles. The number of hydrogen-bond donors (Lipinski definition) is 2. The summed E-state index contributed by atoms with van der Waals surface area (Å²) >= 11 is 0. The molecule has 0 bridgehead atoms. The van der Waals surface area contributed by atoms with E-state index >= 15 is 0 Å². The van der Waals surface area contributed by atoms with E-state index in [4.69, 9.17) is 15.6 Å². The minimum Gasteiger partial charge on any atom is -0.480 e. The number of hydrogen-bond acceptors (Lipinski definition) is 3. The second-order valence-electron chi connectivity index (χ2n) is 3.85. The minimum atomic E-state index is -0.911. The first kappa shape index (κ1) is 10.5. The number of carboxylic acids is 1. The normalized spacial score (nSPS) is 37.0. The molecule has 4 heteroatoms. The fraction of sp³-hybridized carbons (Fsp3) is 0.889. The van der Waals surface area contributed by atoms with E-state index in [-0.39, 0.29) is 18.1 Å². The number of carbonyl (C=O) groups is 1. The molecule has 1 heterocycles. The van der Waals surface area contributed by atoms with Gasteiger partial charge >= 0.3 is 5.97 Å². The van der Waals surface area contributed by atoms with Crippen LogP contribution in [0.3, 0.4) is 0 Å². The van der Waals surface area contributed by atoms with Crippen molar-refractivity contribution in [1.29, 1.82) is 0 Å². The molecule has 13 heavy (non-hydrogen) atoms. The van der Waals surface area contributed by atoms with Crippen molar-refractivity contribution < 1.29 is 14.6 Å². The van der Waals surface area contributed by atoms with Gasteiger partial charge in [0.15, 0.2) is 0 Å². The molecule has 1 saturated heterocycles. The predicted octanol–water partition coefficient (Wildman–Crippen LogP) is 0.602. The van der Waals surface area contributed by atoms with Crippen molar-refractivity contribution in [2.24, 2.45) is 11.7 Å². The Morgan fingerprint density at radius 1 is 1.46 bits per heavy atom. The van der Waals surface area contributed by atoms with Crippen molar-refractivity contribution in [2.45, 2.75) is 44.9 Å². The first-order valence-electron chi connectivity index (χ1n) is 4.64.